The molecular weight excluding hydrogens is 204 g/mol. The van der Waals surface area contributed by atoms with E-state index >= 15 is 0 Å². The van der Waals surface area contributed by atoms with Gasteiger partial charge in [0, 0.05) is 11.8 Å². The molecule has 1 aliphatic heterocycles. The molecule has 1 atom stereocenters. The van der Waals surface area contributed by atoms with E-state index < -0.39 is 0 Å². The summed E-state index contributed by atoms with van der Waals surface area (Å²) >= 11 is 1.89. The first-order valence-electron chi connectivity index (χ1n) is 6.29. The van der Waals surface area contributed by atoms with Crippen LogP contribution in [-0.4, -0.2) is 23.5 Å². The minimum Gasteiger partial charge on any atom is -0.365 e. The molecule has 0 radical (unpaired) electrons. The van der Waals surface area contributed by atoms with E-state index in [0.29, 0.717) is 5.25 Å². The van der Waals surface area contributed by atoms with Crippen LogP contribution in [0.15, 0.2) is 4.99 Å². The number of rotatable bonds is 3. The molecule has 1 fully saturated rings. The Balaban J connectivity index is 1.58. The van der Waals surface area contributed by atoms with Crippen molar-refractivity contribution in [1.82, 2.24) is 5.32 Å². The molecule has 2 rings (SSSR count). The number of nitrogens with one attached hydrogen (secondary N) is 1. The molecule has 86 valence electrons. The van der Waals surface area contributed by atoms with Crippen molar-refractivity contribution in [3.8, 4) is 0 Å². The summed E-state index contributed by atoms with van der Waals surface area (Å²) in [5.74, 6) is 0.982. The summed E-state index contributed by atoms with van der Waals surface area (Å²) in [6.45, 7) is 4.36. The molecule has 3 heteroatoms. The Morgan fingerprint density at radius 1 is 1.33 bits per heavy atom. The van der Waals surface area contributed by atoms with Crippen LogP contribution in [-0.2, 0) is 0 Å². The van der Waals surface area contributed by atoms with Gasteiger partial charge in [-0.2, -0.15) is 0 Å². The lowest BCUT2D eigenvalue weighted by Crippen LogP contribution is -2.23. The number of hydrogen-bond donors (Lipinski definition) is 1. The molecule has 0 aromatic carbocycles. The molecule has 15 heavy (non-hydrogen) atoms. The highest BCUT2D eigenvalue weighted by molar-refractivity contribution is 8.14. The second kappa shape index (κ2) is 5.78. The molecule has 0 amide bonds. The summed E-state index contributed by atoms with van der Waals surface area (Å²) in [4.78, 5) is 4.47. The van der Waals surface area contributed by atoms with E-state index in [0.717, 1.165) is 19.0 Å². The third kappa shape index (κ3) is 3.71. The maximum Gasteiger partial charge on any atom is 0.156 e. The monoisotopic (exact) mass is 226 g/mol. The van der Waals surface area contributed by atoms with Crippen molar-refractivity contribution in [2.45, 2.75) is 50.7 Å². The van der Waals surface area contributed by atoms with Crippen molar-refractivity contribution in [1.29, 1.82) is 0 Å². The molecule has 1 saturated carbocycles. The fourth-order valence-corrected chi connectivity index (χ4v) is 3.30. The molecule has 2 nitrogen and oxygen atoms in total. The first-order chi connectivity index (χ1) is 7.34. The van der Waals surface area contributed by atoms with E-state index in [4.69, 9.17) is 0 Å². The van der Waals surface area contributed by atoms with Gasteiger partial charge in [0.05, 0.1) is 6.54 Å². The highest BCUT2D eigenvalue weighted by Crippen LogP contribution is 2.26. The van der Waals surface area contributed by atoms with Crippen LogP contribution in [0.2, 0.25) is 0 Å². The Hall–Kier alpha value is -0.180. The standard InChI is InChI=1S/C12H22N2S/c1-10-9-14-12(15-10)13-8-7-11-5-3-2-4-6-11/h10-11H,2-9H2,1H3,(H,13,14). The average Bonchev–Trinajstić information content (AvgIpc) is 2.66. The van der Waals surface area contributed by atoms with Crippen molar-refractivity contribution in [3.63, 3.8) is 0 Å². The Kier molecular flexibility index (Phi) is 4.36. The van der Waals surface area contributed by atoms with Gasteiger partial charge in [-0.05, 0) is 12.3 Å². The van der Waals surface area contributed by atoms with Crippen LogP contribution < -0.4 is 5.32 Å². The smallest absolute Gasteiger partial charge is 0.156 e. The van der Waals surface area contributed by atoms with Gasteiger partial charge in [0.1, 0.15) is 0 Å². The summed E-state index contributed by atoms with van der Waals surface area (Å²) in [5.41, 5.74) is 0. The highest BCUT2D eigenvalue weighted by atomic mass is 32.2. The normalized spacial score (nSPS) is 27.8. The van der Waals surface area contributed by atoms with Crippen molar-refractivity contribution in [2.75, 3.05) is 13.1 Å². The molecule has 0 bridgehead atoms. The van der Waals surface area contributed by atoms with E-state index in [1.165, 1.54) is 43.7 Å². The van der Waals surface area contributed by atoms with Crippen molar-refractivity contribution >= 4 is 16.9 Å². The van der Waals surface area contributed by atoms with E-state index in [1.54, 1.807) is 0 Å². The molecule has 1 heterocycles. The van der Waals surface area contributed by atoms with Crippen LogP contribution in [0, 0.1) is 5.92 Å². The van der Waals surface area contributed by atoms with Gasteiger partial charge in [0.15, 0.2) is 5.17 Å². The van der Waals surface area contributed by atoms with Gasteiger partial charge in [-0.1, -0.05) is 50.8 Å². The Bertz CT molecular complexity index is 222. The molecule has 0 spiro atoms. The summed E-state index contributed by atoms with van der Waals surface area (Å²) in [6.07, 6.45) is 8.63. The Labute approximate surface area is 97.3 Å². The summed E-state index contributed by atoms with van der Waals surface area (Å²) in [5, 5.41) is 5.33. The predicted octanol–water partition coefficient (Wildman–Crippen LogP) is 3.04. The van der Waals surface area contributed by atoms with Gasteiger partial charge in [-0.25, -0.2) is 0 Å². The van der Waals surface area contributed by atoms with E-state index in [9.17, 15) is 0 Å². The van der Waals surface area contributed by atoms with Crippen LogP contribution in [0.25, 0.3) is 0 Å². The maximum atomic E-state index is 4.47. The molecule has 1 aliphatic carbocycles. The van der Waals surface area contributed by atoms with Gasteiger partial charge in [0.2, 0.25) is 0 Å². The number of amidine groups is 1. The quantitative estimate of drug-likeness (QED) is 0.800. The average molecular weight is 226 g/mol. The summed E-state index contributed by atoms with van der Waals surface area (Å²) in [7, 11) is 0. The zero-order chi connectivity index (χ0) is 10.5. The zero-order valence-corrected chi connectivity index (χ0v) is 10.5. The van der Waals surface area contributed by atoms with Gasteiger partial charge in [0.25, 0.3) is 0 Å². The lowest BCUT2D eigenvalue weighted by Gasteiger charge is -2.21. The molecular formula is C12H22N2S. The minimum atomic E-state index is 0.683. The van der Waals surface area contributed by atoms with Crippen molar-refractivity contribution < 1.29 is 0 Å². The van der Waals surface area contributed by atoms with Gasteiger partial charge in [-0.15, -0.1) is 0 Å². The van der Waals surface area contributed by atoms with Crippen LogP contribution in [0.1, 0.15) is 45.4 Å². The summed E-state index contributed by atoms with van der Waals surface area (Å²) in [6, 6.07) is 0. The maximum absolute atomic E-state index is 4.47. The van der Waals surface area contributed by atoms with Gasteiger partial charge in [-0.3, -0.25) is 4.99 Å². The van der Waals surface area contributed by atoms with Crippen LogP contribution >= 0.6 is 11.8 Å². The number of aliphatic imine (C=N–C) groups is 1. The SMILES string of the molecule is CC1CN=C(NCCC2CCCCC2)S1. The zero-order valence-electron chi connectivity index (χ0n) is 9.67. The number of nitrogens with zero attached hydrogens (tertiary/aromatic N) is 1. The fraction of sp³-hybridized carbons (Fsp3) is 0.917. The number of hydrogen-bond acceptors (Lipinski definition) is 3. The first kappa shape index (κ1) is 11.3. The van der Waals surface area contributed by atoms with Crippen molar-refractivity contribution in [3.05, 3.63) is 0 Å². The molecule has 0 aromatic heterocycles. The third-order valence-electron chi connectivity index (χ3n) is 3.36. The van der Waals surface area contributed by atoms with E-state index in [2.05, 4.69) is 17.2 Å². The molecule has 0 aromatic rings. The van der Waals surface area contributed by atoms with E-state index in [1.807, 2.05) is 11.8 Å². The lowest BCUT2D eigenvalue weighted by molar-refractivity contribution is 0.339. The van der Waals surface area contributed by atoms with Crippen LogP contribution in [0.4, 0.5) is 0 Å². The molecule has 1 N–H and O–H groups in total. The second-order valence-corrected chi connectivity index (χ2v) is 6.22. The van der Waals surface area contributed by atoms with Crippen LogP contribution in [0.5, 0.6) is 0 Å². The first-order valence-corrected chi connectivity index (χ1v) is 7.17. The topological polar surface area (TPSA) is 24.4 Å². The van der Waals surface area contributed by atoms with Crippen LogP contribution in [0.3, 0.4) is 0 Å². The minimum absolute atomic E-state index is 0.683. The fourth-order valence-electron chi connectivity index (χ4n) is 2.43. The Morgan fingerprint density at radius 3 is 2.80 bits per heavy atom. The number of thioether (sulfide) groups is 1. The molecule has 2 aliphatic rings. The van der Waals surface area contributed by atoms with Gasteiger partial charge >= 0.3 is 0 Å². The summed E-state index contributed by atoms with van der Waals surface area (Å²) < 4.78 is 0. The second-order valence-electron chi connectivity index (χ2n) is 4.79. The van der Waals surface area contributed by atoms with E-state index in [-0.39, 0.29) is 0 Å². The lowest BCUT2D eigenvalue weighted by atomic mass is 9.87. The molecule has 1 unspecified atom stereocenters. The largest absolute Gasteiger partial charge is 0.365 e. The van der Waals surface area contributed by atoms with Gasteiger partial charge < -0.3 is 5.32 Å². The van der Waals surface area contributed by atoms with Crippen molar-refractivity contribution in [2.24, 2.45) is 10.9 Å². The third-order valence-corrected chi connectivity index (χ3v) is 4.41. The predicted molar refractivity (Wildman–Crippen MR) is 68.5 cm³/mol. The highest BCUT2D eigenvalue weighted by Gasteiger charge is 2.16. The Morgan fingerprint density at radius 2 is 2.13 bits per heavy atom. The molecule has 0 saturated heterocycles.